The monoisotopic (exact) mass is 390 g/mol. The lowest BCUT2D eigenvalue weighted by atomic mass is 9.65. The molecule has 6 heteroatoms. The van der Waals surface area contributed by atoms with Crippen molar-refractivity contribution < 1.29 is 13.2 Å². The van der Waals surface area contributed by atoms with Gasteiger partial charge in [-0.1, -0.05) is 32.9 Å². The molecule has 3 fully saturated rings. The quantitative estimate of drug-likeness (QED) is 0.796. The van der Waals surface area contributed by atoms with E-state index in [4.69, 9.17) is 0 Å². The standard InChI is InChI=1S/C21H30N2O3S/c1-20(2)11-18-12-21(3,14-20)15-23(18)19(24)17-7-5-16(6-8-17)13-22-9-4-10-27(22,25)26/h5-8,18H,4,9-15H2,1-3H3. The highest BCUT2D eigenvalue weighted by molar-refractivity contribution is 7.89. The van der Waals surface area contributed by atoms with Crippen molar-refractivity contribution in [3.63, 3.8) is 0 Å². The summed E-state index contributed by atoms with van der Waals surface area (Å²) in [7, 11) is -3.09. The number of likely N-dealkylation sites (tertiary alicyclic amines) is 1. The summed E-state index contributed by atoms with van der Waals surface area (Å²) in [6.07, 6.45) is 4.04. The number of carbonyl (C=O) groups is 1. The molecular formula is C21H30N2O3S. The molecule has 2 unspecified atom stereocenters. The molecule has 0 radical (unpaired) electrons. The Kier molecular flexibility index (Phi) is 4.43. The maximum atomic E-state index is 13.1. The van der Waals surface area contributed by atoms with Gasteiger partial charge in [-0.25, -0.2) is 8.42 Å². The molecule has 0 spiro atoms. The van der Waals surface area contributed by atoms with Crippen molar-refractivity contribution in [3.05, 3.63) is 35.4 Å². The number of hydrogen-bond donors (Lipinski definition) is 0. The predicted molar refractivity (Wildman–Crippen MR) is 106 cm³/mol. The van der Waals surface area contributed by atoms with Gasteiger partial charge in [-0.05, 0) is 54.2 Å². The van der Waals surface area contributed by atoms with Crippen LogP contribution in [-0.4, -0.2) is 48.4 Å². The average molecular weight is 391 g/mol. The third kappa shape index (κ3) is 3.66. The van der Waals surface area contributed by atoms with Gasteiger partial charge in [0.25, 0.3) is 5.91 Å². The van der Waals surface area contributed by atoms with Gasteiger partial charge in [0, 0.05) is 31.2 Å². The molecule has 3 aliphatic rings. The van der Waals surface area contributed by atoms with Gasteiger partial charge < -0.3 is 4.90 Å². The van der Waals surface area contributed by atoms with Gasteiger partial charge in [0.15, 0.2) is 0 Å². The molecule has 2 heterocycles. The van der Waals surface area contributed by atoms with E-state index in [9.17, 15) is 13.2 Å². The summed E-state index contributed by atoms with van der Waals surface area (Å²) < 4.78 is 25.5. The van der Waals surface area contributed by atoms with Gasteiger partial charge in [0.05, 0.1) is 5.75 Å². The Morgan fingerprint density at radius 2 is 1.85 bits per heavy atom. The van der Waals surface area contributed by atoms with Crippen molar-refractivity contribution in [2.75, 3.05) is 18.8 Å². The minimum atomic E-state index is -3.09. The van der Waals surface area contributed by atoms with Gasteiger partial charge in [0.1, 0.15) is 0 Å². The van der Waals surface area contributed by atoms with Gasteiger partial charge in [-0.15, -0.1) is 0 Å². The fourth-order valence-corrected chi connectivity index (χ4v) is 7.19. The van der Waals surface area contributed by atoms with Crippen LogP contribution in [-0.2, 0) is 16.6 Å². The van der Waals surface area contributed by atoms with Crippen molar-refractivity contribution in [2.45, 2.75) is 59.0 Å². The first-order valence-corrected chi connectivity index (χ1v) is 11.6. The molecule has 1 aliphatic carbocycles. The molecule has 5 nitrogen and oxygen atoms in total. The Labute approximate surface area is 162 Å². The Balaban J connectivity index is 1.47. The Morgan fingerprint density at radius 1 is 1.15 bits per heavy atom. The smallest absolute Gasteiger partial charge is 0.254 e. The second-order valence-corrected chi connectivity index (χ2v) is 11.9. The van der Waals surface area contributed by atoms with Crippen molar-refractivity contribution in [1.82, 2.24) is 9.21 Å². The highest BCUT2D eigenvalue weighted by Gasteiger charge is 2.51. The summed E-state index contributed by atoms with van der Waals surface area (Å²) in [6, 6.07) is 7.84. The zero-order valence-electron chi connectivity index (χ0n) is 16.6. The minimum Gasteiger partial charge on any atom is -0.335 e. The van der Waals surface area contributed by atoms with Crippen molar-refractivity contribution >= 4 is 15.9 Å². The van der Waals surface area contributed by atoms with Crippen molar-refractivity contribution in [2.24, 2.45) is 10.8 Å². The maximum Gasteiger partial charge on any atom is 0.254 e. The molecule has 2 atom stereocenters. The van der Waals surface area contributed by atoms with Gasteiger partial charge in [-0.2, -0.15) is 4.31 Å². The second-order valence-electron chi connectivity index (χ2n) is 9.85. The number of fused-ring (bicyclic) bond motifs is 2. The summed E-state index contributed by atoms with van der Waals surface area (Å²) in [6.45, 7) is 8.77. The lowest BCUT2D eigenvalue weighted by Crippen LogP contribution is -2.37. The van der Waals surface area contributed by atoms with E-state index in [0.29, 0.717) is 31.1 Å². The van der Waals surface area contributed by atoms with Crippen LogP contribution in [0.2, 0.25) is 0 Å². The maximum absolute atomic E-state index is 13.1. The number of carbonyl (C=O) groups excluding carboxylic acids is 1. The molecule has 148 valence electrons. The third-order valence-electron chi connectivity index (χ3n) is 6.44. The first-order chi connectivity index (χ1) is 12.6. The Hall–Kier alpha value is -1.40. The molecule has 1 saturated carbocycles. The fraction of sp³-hybridized carbons (Fsp3) is 0.667. The normalized spacial score (nSPS) is 32.0. The zero-order valence-corrected chi connectivity index (χ0v) is 17.4. The summed E-state index contributed by atoms with van der Waals surface area (Å²) >= 11 is 0. The minimum absolute atomic E-state index is 0.113. The zero-order chi connectivity index (χ0) is 19.4. The van der Waals surface area contributed by atoms with Crippen LogP contribution in [0.15, 0.2) is 24.3 Å². The first kappa shape index (κ1) is 18.9. The summed E-state index contributed by atoms with van der Waals surface area (Å²) in [4.78, 5) is 15.2. The van der Waals surface area contributed by atoms with E-state index in [1.54, 1.807) is 0 Å². The summed E-state index contributed by atoms with van der Waals surface area (Å²) in [5.74, 6) is 0.358. The average Bonchev–Trinajstić information content (AvgIpc) is 3.02. The second kappa shape index (κ2) is 6.31. The van der Waals surface area contributed by atoms with Crippen LogP contribution in [0.1, 0.15) is 62.4 Å². The Bertz CT molecular complexity index is 847. The number of hydrogen-bond acceptors (Lipinski definition) is 3. The molecular weight excluding hydrogens is 360 g/mol. The van der Waals surface area contributed by atoms with Crippen LogP contribution in [0.25, 0.3) is 0 Å². The molecule has 2 bridgehead atoms. The predicted octanol–water partition coefficient (Wildman–Crippen LogP) is 3.26. The molecule has 2 aliphatic heterocycles. The van der Waals surface area contributed by atoms with Crippen molar-refractivity contribution in [3.8, 4) is 0 Å². The number of sulfonamides is 1. The summed E-state index contributed by atoms with van der Waals surface area (Å²) in [5, 5.41) is 0. The Morgan fingerprint density at radius 3 is 2.48 bits per heavy atom. The van der Waals surface area contributed by atoms with E-state index >= 15 is 0 Å². The largest absolute Gasteiger partial charge is 0.335 e. The fourth-order valence-electron chi connectivity index (χ4n) is 5.69. The van der Waals surface area contributed by atoms with E-state index in [-0.39, 0.29) is 22.5 Å². The molecule has 2 saturated heterocycles. The number of amides is 1. The molecule has 1 amide bonds. The van der Waals surface area contributed by atoms with E-state index in [0.717, 1.165) is 24.9 Å². The van der Waals surface area contributed by atoms with E-state index in [2.05, 4.69) is 25.7 Å². The topological polar surface area (TPSA) is 57.7 Å². The van der Waals surface area contributed by atoms with Gasteiger partial charge >= 0.3 is 0 Å². The highest BCUT2D eigenvalue weighted by atomic mass is 32.2. The third-order valence-corrected chi connectivity index (χ3v) is 8.34. The lowest BCUT2D eigenvalue weighted by Gasteiger charge is -2.39. The lowest BCUT2D eigenvalue weighted by molar-refractivity contribution is 0.0708. The van der Waals surface area contributed by atoms with E-state index < -0.39 is 10.0 Å². The van der Waals surface area contributed by atoms with Crippen LogP contribution in [0.5, 0.6) is 0 Å². The summed E-state index contributed by atoms with van der Waals surface area (Å²) in [5.41, 5.74) is 2.16. The molecule has 27 heavy (non-hydrogen) atoms. The molecule has 1 aromatic carbocycles. The SMILES string of the molecule is CC1(C)CC2CC(C)(CN2C(=O)c2ccc(CN3CCCS3(=O)=O)cc2)C1. The van der Waals surface area contributed by atoms with Crippen LogP contribution in [0.3, 0.4) is 0 Å². The number of benzene rings is 1. The highest BCUT2D eigenvalue weighted by Crippen LogP contribution is 2.52. The van der Waals surface area contributed by atoms with Crippen LogP contribution < -0.4 is 0 Å². The van der Waals surface area contributed by atoms with Crippen LogP contribution in [0.4, 0.5) is 0 Å². The van der Waals surface area contributed by atoms with Gasteiger partial charge in [-0.3, -0.25) is 4.79 Å². The van der Waals surface area contributed by atoms with Crippen LogP contribution >= 0.6 is 0 Å². The number of nitrogens with zero attached hydrogens (tertiary/aromatic N) is 2. The van der Waals surface area contributed by atoms with E-state index in [1.165, 1.54) is 10.7 Å². The van der Waals surface area contributed by atoms with Crippen molar-refractivity contribution in [1.29, 1.82) is 0 Å². The first-order valence-electron chi connectivity index (χ1n) is 9.95. The van der Waals surface area contributed by atoms with Crippen LogP contribution in [0, 0.1) is 10.8 Å². The number of rotatable bonds is 3. The van der Waals surface area contributed by atoms with Gasteiger partial charge in [0.2, 0.25) is 10.0 Å². The molecule has 4 rings (SSSR count). The molecule has 0 N–H and O–H groups in total. The van der Waals surface area contributed by atoms with E-state index in [1.807, 2.05) is 24.3 Å². The molecule has 0 aromatic heterocycles. The molecule has 1 aromatic rings.